The summed E-state index contributed by atoms with van der Waals surface area (Å²) in [5, 5.41) is 6.55. The predicted octanol–water partition coefficient (Wildman–Crippen LogP) is 1.24. The molecule has 0 aliphatic carbocycles. The van der Waals surface area contributed by atoms with Crippen molar-refractivity contribution in [2.45, 2.75) is 6.92 Å². The maximum Gasteiger partial charge on any atom is 0.0380 e. The third kappa shape index (κ3) is 2.89. The molecular weight excluding hydrogens is 88.1 g/mol. The molecule has 0 bridgehead atoms. The van der Waals surface area contributed by atoms with Crippen LogP contribution >= 0.6 is 0 Å². The minimum Gasteiger partial charge on any atom is -0.309 e. The molecule has 1 N–H and O–H groups in total. The zero-order chi connectivity index (χ0) is 5.70. The van der Waals surface area contributed by atoms with Crippen molar-refractivity contribution in [2.75, 3.05) is 0 Å². The fourth-order valence-electron chi connectivity index (χ4n) is 0.173. The van der Waals surface area contributed by atoms with E-state index in [1.54, 1.807) is 13.0 Å². The fraction of sp³-hybridized carbons (Fsp3) is 0.200. The van der Waals surface area contributed by atoms with Crippen LogP contribution in [0.25, 0.3) is 0 Å². The molecule has 0 aliphatic heterocycles. The van der Waals surface area contributed by atoms with Crippen LogP contribution in [0.3, 0.4) is 0 Å². The Morgan fingerprint density at radius 3 is 2.57 bits per heavy atom. The molecule has 0 atom stereocenters. The molecule has 0 fully saturated rings. The SMILES string of the molecule is C=N/C(C)=C/C=N. The van der Waals surface area contributed by atoms with Crippen LogP contribution in [-0.2, 0) is 0 Å². The van der Waals surface area contributed by atoms with Crippen LogP contribution in [0.2, 0.25) is 0 Å². The van der Waals surface area contributed by atoms with E-state index in [1.807, 2.05) is 0 Å². The molecule has 2 heteroatoms. The molecule has 0 radical (unpaired) electrons. The van der Waals surface area contributed by atoms with E-state index in [0.717, 1.165) is 5.70 Å². The topological polar surface area (TPSA) is 36.2 Å². The molecule has 0 aromatic rings. The number of nitrogens with zero attached hydrogens (tertiary/aromatic N) is 1. The van der Waals surface area contributed by atoms with Gasteiger partial charge in [-0.15, -0.1) is 0 Å². The third-order valence-electron chi connectivity index (χ3n) is 0.574. The van der Waals surface area contributed by atoms with E-state index in [2.05, 4.69) is 11.7 Å². The number of allylic oxidation sites excluding steroid dienone is 2. The van der Waals surface area contributed by atoms with Crippen molar-refractivity contribution in [1.82, 2.24) is 0 Å². The molecule has 0 heterocycles. The third-order valence-corrected chi connectivity index (χ3v) is 0.574. The first-order valence-corrected chi connectivity index (χ1v) is 1.95. The highest BCUT2D eigenvalue weighted by molar-refractivity contribution is 5.68. The second-order valence-corrected chi connectivity index (χ2v) is 1.13. The molecule has 2 nitrogen and oxygen atoms in total. The van der Waals surface area contributed by atoms with Gasteiger partial charge in [-0.1, -0.05) is 0 Å². The van der Waals surface area contributed by atoms with Crippen molar-refractivity contribution in [3.63, 3.8) is 0 Å². The maximum atomic E-state index is 6.55. The highest BCUT2D eigenvalue weighted by atomic mass is 14.7. The Morgan fingerprint density at radius 1 is 1.86 bits per heavy atom. The summed E-state index contributed by atoms with van der Waals surface area (Å²) in [6, 6.07) is 0. The summed E-state index contributed by atoms with van der Waals surface area (Å²) in [4.78, 5) is 3.54. The Kier molecular flexibility index (Phi) is 2.85. The first kappa shape index (κ1) is 6.08. The van der Waals surface area contributed by atoms with Crippen LogP contribution in [0.4, 0.5) is 0 Å². The summed E-state index contributed by atoms with van der Waals surface area (Å²) in [7, 11) is 0. The van der Waals surface area contributed by atoms with Gasteiger partial charge in [0.25, 0.3) is 0 Å². The van der Waals surface area contributed by atoms with Gasteiger partial charge in [0.05, 0.1) is 0 Å². The molecule has 0 rings (SSSR count). The summed E-state index contributed by atoms with van der Waals surface area (Å²) in [6.07, 6.45) is 2.76. The van der Waals surface area contributed by atoms with Crippen LogP contribution in [0.1, 0.15) is 6.92 Å². The van der Waals surface area contributed by atoms with Crippen LogP contribution in [0, 0.1) is 5.41 Å². The van der Waals surface area contributed by atoms with Crippen LogP contribution in [-0.4, -0.2) is 12.9 Å². The highest BCUT2D eigenvalue weighted by Crippen LogP contribution is 1.86. The van der Waals surface area contributed by atoms with Gasteiger partial charge in [0.15, 0.2) is 0 Å². The molecule has 0 unspecified atom stereocenters. The van der Waals surface area contributed by atoms with E-state index in [4.69, 9.17) is 5.41 Å². The Morgan fingerprint density at radius 2 is 2.43 bits per heavy atom. The van der Waals surface area contributed by atoms with E-state index >= 15 is 0 Å². The van der Waals surface area contributed by atoms with E-state index in [9.17, 15) is 0 Å². The lowest BCUT2D eigenvalue weighted by Crippen LogP contribution is -1.65. The number of rotatable bonds is 2. The summed E-state index contributed by atoms with van der Waals surface area (Å²) < 4.78 is 0. The van der Waals surface area contributed by atoms with Crippen molar-refractivity contribution >= 4 is 12.9 Å². The standard InChI is InChI=1S/C5H8N2/c1-5(7-2)3-4-6/h3-4,6H,2H2,1H3/b5-3+,6-4?. The quantitative estimate of drug-likeness (QED) is 0.502. The van der Waals surface area contributed by atoms with Gasteiger partial charge >= 0.3 is 0 Å². The second kappa shape index (κ2) is 3.28. The Balaban J connectivity index is 3.72. The van der Waals surface area contributed by atoms with Crippen molar-refractivity contribution < 1.29 is 0 Å². The Hall–Kier alpha value is -0.920. The maximum absolute atomic E-state index is 6.55. The number of hydrogen-bond acceptors (Lipinski definition) is 2. The molecule has 38 valence electrons. The summed E-state index contributed by atoms with van der Waals surface area (Å²) in [6.45, 7) is 5.05. The van der Waals surface area contributed by atoms with Crippen molar-refractivity contribution in [3.8, 4) is 0 Å². The minimum absolute atomic E-state index is 0.773. The van der Waals surface area contributed by atoms with Crippen molar-refractivity contribution in [1.29, 1.82) is 5.41 Å². The number of hydrogen-bond donors (Lipinski definition) is 1. The summed E-state index contributed by atoms with van der Waals surface area (Å²) in [5.41, 5.74) is 0.773. The monoisotopic (exact) mass is 96.1 g/mol. The normalized spacial score (nSPS) is 10.7. The van der Waals surface area contributed by atoms with Gasteiger partial charge in [-0.3, -0.25) is 4.99 Å². The lowest BCUT2D eigenvalue weighted by Gasteiger charge is -1.79. The zero-order valence-electron chi connectivity index (χ0n) is 4.31. The average molecular weight is 96.1 g/mol. The fourth-order valence-corrected chi connectivity index (χ4v) is 0.173. The zero-order valence-corrected chi connectivity index (χ0v) is 4.31. The van der Waals surface area contributed by atoms with E-state index in [-0.39, 0.29) is 0 Å². The largest absolute Gasteiger partial charge is 0.309 e. The van der Waals surface area contributed by atoms with Gasteiger partial charge in [0.1, 0.15) is 0 Å². The molecule has 0 saturated carbocycles. The summed E-state index contributed by atoms with van der Waals surface area (Å²) in [5.74, 6) is 0. The minimum atomic E-state index is 0.773. The summed E-state index contributed by atoms with van der Waals surface area (Å²) >= 11 is 0. The van der Waals surface area contributed by atoms with Gasteiger partial charge in [0.2, 0.25) is 0 Å². The number of nitrogens with one attached hydrogen (secondary N) is 1. The molecule has 0 saturated heterocycles. The molecule has 0 aromatic carbocycles. The van der Waals surface area contributed by atoms with Crippen LogP contribution in [0.5, 0.6) is 0 Å². The molecule has 0 aromatic heterocycles. The lowest BCUT2D eigenvalue weighted by molar-refractivity contribution is 1.33. The van der Waals surface area contributed by atoms with Gasteiger partial charge in [-0.05, 0) is 19.7 Å². The highest BCUT2D eigenvalue weighted by Gasteiger charge is 1.70. The van der Waals surface area contributed by atoms with Crippen molar-refractivity contribution in [3.05, 3.63) is 11.8 Å². The van der Waals surface area contributed by atoms with E-state index in [0.29, 0.717) is 0 Å². The average Bonchev–Trinajstić information content (AvgIpc) is 1.68. The first-order valence-electron chi connectivity index (χ1n) is 1.95. The van der Waals surface area contributed by atoms with Crippen LogP contribution < -0.4 is 0 Å². The van der Waals surface area contributed by atoms with Crippen LogP contribution in [0.15, 0.2) is 16.8 Å². The predicted molar refractivity (Wildman–Crippen MR) is 32.1 cm³/mol. The van der Waals surface area contributed by atoms with Gasteiger partial charge < -0.3 is 5.41 Å². The lowest BCUT2D eigenvalue weighted by atomic mass is 10.5. The molecule has 0 amide bonds. The van der Waals surface area contributed by atoms with Gasteiger partial charge in [-0.25, -0.2) is 0 Å². The molecule has 0 aliphatic rings. The smallest absolute Gasteiger partial charge is 0.0380 e. The molecule has 0 spiro atoms. The Labute approximate surface area is 43.1 Å². The molecular formula is C5H8N2. The first-order chi connectivity index (χ1) is 3.31. The van der Waals surface area contributed by atoms with Gasteiger partial charge in [0, 0.05) is 11.9 Å². The Bertz CT molecular complexity index is 103. The van der Waals surface area contributed by atoms with Gasteiger partial charge in [-0.2, -0.15) is 0 Å². The molecule has 7 heavy (non-hydrogen) atoms. The van der Waals surface area contributed by atoms with E-state index < -0.39 is 0 Å². The van der Waals surface area contributed by atoms with Crippen molar-refractivity contribution in [2.24, 2.45) is 4.99 Å². The number of aliphatic imine (C=N–C) groups is 1. The van der Waals surface area contributed by atoms with E-state index in [1.165, 1.54) is 6.21 Å². The second-order valence-electron chi connectivity index (χ2n) is 1.13.